The van der Waals surface area contributed by atoms with Crippen molar-refractivity contribution >= 4 is 21.6 Å². The first-order valence-electron chi connectivity index (χ1n) is 6.61. The zero-order valence-electron chi connectivity index (χ0n) is 11.8. The lowest BCUT2D eigenvalue weighted by Crippen LogP contribution is -2.13. The highest BCUT2D eigenvalue weighted by Crippen LogP contribution is 2.24. The number of halogens is 1. The molecule has 0 fully saturated rings. The predicted molar refractivity (Wildman–Crippen MR) is 86.4 cm³/mol. The van der Waals surface area contributed by atoms with Crippen molar-refractivity contribution in [1.29, 1.82) is 0 Å². The van der Waals surface area contributed by atoms with E-state index in [1.54, 1.807) is 19.1 Å². The second kappa shape index (κ2) is 5.59. The Bertz CT molecular complexity index is 901. The first-order valence-corrected chi connectivity index (χ1v) is 8.43. The van der Waals surface area contributed by atoms with Crippen molar-refractivity contribution in [1.82, 2.24) is 8.96 Å². The molecule has 0 saturated carbocycles. The van der Waals surface area contributed by atoms with Gasteiger partial charge in [-0.2, -0.15) is 0 Å². The lowest BCUT2D eigenvalue weighted by molar-refractivity contribution is 0.588. The van der Waals surface area contributed by atoms with E-state index in [1.807, 2.05) is 30.3 Å². The van der Waals surface area contributed by atoms with Gasteiger partial charge in [-0.05, 0) is 31.2 Å². The zero-order chi connectivity index (χ0) is 15.7. The molecule has 2 aromatic carbocycles. The molecule has 1 aromatic heterocycles. The van der Waals surface area contributed by atoms with Crippen molar-refractivity contribution in [3.05, 3.63) is 71.5 Å². The molecule has 22 heavy (non-hydrogen) atoms. The summed E-state index contributed by atoms with van der Waals surface area (Å²) in [5.41, 5.74) is 1.38. The van der Waals surface area contributed by atoms with Gasteiger partial charge in [-0.25, -0.2) is 17.4 Å². The molecule has 0 spiro atoms. The Balaban J connectivity index is 2.18. The molecular formula is C16H13ClN2O2S. The minimum absolute atomic E-state index is 0.173. The average molecular weight is 333 g/mol. The highest BCUT2D eigenvalue weighted by Gasteiger charge is 2.22. The minimum Gasteiger partial charge on any atom is -0.233 e. The molecule has 0 radical (unpaired) electrons. The van der Waals surface area contributed by atoms with Gasteiger partial charge in [-0.1, -0.05) is 41.9 Å². The third-order valence-electron chi connectivity index (χ3n) is 3.20. The highest BCUT2D eigenvalue weighted by molar-refractivity contribution is 7.90. The highest BCUT2D eigenvalue weighted by atomic mass is 35.5. The van der Waals surface area contributed by atoms with Gasteiger partial charge >= 0.3 is 0 Å². The summed E-state index contributed by atoms with van der Waals surface area (Å²) in [4.78, 5) is 4.52. The quantitative estimate of drug-likeness (QED) is 0.734. The topological polar surface area (TPSA) is 52.0 Å². The number of aryl methyl sites for hydroxylation is 1. The van der Waals surface area contributed by atoms with Crippen LogP contribution in [0, 0.1) is 6.92 Å². The Hall–Kier alpha value is -2.11. The van der Waals surface area contributed by atoms with Crippen LogP contribution in [-0.2, 0) is 10.0 Å². The molecule has 4 nitrogen and oxygen atoms in total. The zero-order valence-corrected chi connectivity index (χ0v) is 13.3. The average Bonchev–Trinajstić information content (AvgIpc) is 2.91. The molecular weight excluding hydrogens is 320 g/mol. The summed E-state index contributed by atoms with van der Waals surface area (Å²) in [5.74, 6) is 0.396. The van der Waals surface area contributed by atoms with E-state index in [1.165, 1.54) is 22.3 Å². The molecule has 3 aromatic rings. The standard InChI is InChI=1S/C16H13ClN2O2S/c1-12-11-19(16(18-12)13-5-3-2-4-6-13)22(20,21)15-9-7-14(17)8-10-15/h2-11H,1H3. The van der Waals surface area contributed by atoms with Crippen molar-refractivity contribution in [2.75, 3.05) is 0 Å². The fourth-order valence-corrected chi connectivity index (χ4v) is 3.66. The minimum atomic E-state index is -3.72. The molecule has 0 aliphatic rings. The number of rotatable bonds is 3. The molecule has 6 heteroatoms. The smallest absolute Gasteiger partial charge is 0.233 e. The Kier molecular flexibility index (Phi) is 3.76. The van der Waals surface area contributed by atoms with Crippen LogP contribution >= 0.6 is 11.6 Å². The van der Waals surface area contributed by atoms with E-state index in [2.05, 4.69) is 4.98 Å². The SMILES string of the molecule is Cc1cn(S(=O)(=O)c2ccc(Cl)cc2)c(-c2ccccc2)n1. The van der Waals surface area contributed by atoms with E-state index in [0.29, 0.717) is 16.5 Å². The predicted octanol–water partition coefficient (Wildman–Crippen LogP) is 3.75. The number of nitrogens with zero attached hydrogens (tertiary/aromatic N) is 2. The molecule has 1 heterocycles. The maximum Gasteiger partial charge on any atom is 0.269 e. The maximum atomic E-state index is 12.8. The lowest BCUT2D eigenvalue weighted by Gasteiger charge is -2.09. The maximum absolute atomic E-state index is 12.8. The third kappa shape index (κ3) is 2.65. The normalized spacial score (nSPS) is 11.5. The molecule has 112 valence electrons. The summed E-state index contributed by atoms with van der Waals surface area (Å²) < 4.78 is 26.9. The molecule has 0 bridgehead atoms. The van der Waals surface area contributed by atoms with E-state index < -0.39 is 10.0 Å². The van der Waals surface area contributed by atoms with Gasteiger partial charge < -0.3 is 0 Å². The first-order chi connectivity index (χ1) is 10.5. The summed E-state index contributed by atoms with van der Waals surface area (Å²) in [5, 5.41) is 0.490. The molecule has 0 aliphatic heterocycles. The molecule has 0 unspecified atom stereocenters. The van der Waals surface area contributed by atoms with E-state index >= 15 is 0 Å². The Morgan fingerprint density at radius 1 is 1.00 bits per heavy atom. The van der Waals surface area contributed by atoms with Crippen LogP contribution in [0.15, 0.2) is 65.7 Å². The molecule has 3 rings (SSSR count). The summed E-state index contributed by atoms with van der Waals surface area (Å²) in [7, 11) is -3.72. The third-order valence-corrected chi connectivity index (χ3v) is 5.11. The van der Waals surface area contributed by atoms with Crippen LogP contribution in [0.25, 0.3) is 11.4 Å². The Morgan fingerprint density at radius 3 is 2.27 bits per heavy atom. The summed E-state index contributed by atoms with van der Waals surface area (Å²) in [6.07, 6.45) is 1.52. The van der Waals surface area contributed by atoms with Gasteiger partial charge in [-0.3, -0.25) is 0 Å². The van der Waals surface area contributed by atoms with E-state index in [9.17, 15) is 8.42 Å². The van der Waals surface area contributed by atoms with E-state index in [0.717, 1.165) is 5.56 Å². The fraction of sp³-hybridized carbons (Fsp3) is 0.0625. The van der Waals surface area contributed by atoms with Gasteiger partial charge in [-0.15, -0.1) is 0 Å². The van der Waals surface area contributed by atoms with E-state index in [-0.39, 0.29) is 4.90 Å². The monoisotopic (exact) mass is 332 g/mol. The fourth-order valence-electron chi connectivity index (χ4n) is 2.16. The molecule has 0 amide bonds. The Labute approximate surface area is 134 Å². The van der Waals surface area contributed by atoms with Gasteiger partial charge in [0, 0.05) is 16.8 Å². The van der Waals surface area contributed by atoms with Crippen molar-refractivity contribution in [3.8, 4) is 11.4 Å². The van der Waals surface area contributed by atoms with Crippen molar-refractivity contribution in [2.24, 2.45) is 0 Å². The van der Waals surface area contributed by atoms with Crippen LogP contribution in [0.3, 0.4) is 0 Å². The molecule has 0 N–H and O–H groups in total. The van der Waals surface area contributed by atoms with Crippen LogP contribution in [0.1, 0.15) is 5.69 Å². The first kappa shape index (κ1) is 14.8. The van der Waals surface area contributed by atoms with Crippen LogP contribution in [-0.4, -0.2) is 17.4 Å². The molecule has 0 saturated heterocycles. The Morgan fingerprint density at radius 2 is 1.64 bits per heavy atom. The van der Waals surface area contributed by atoms with Gasteiger partial charge in [0.25, 0.3) is 10.0 Å². The van der Waals surface area contributed by atoms with Crippen molar-refractivity contribution in [3.63, 3.8) is 0 Å². The van der Waals surface area contributed by atoms with Crippen LogP contribution in [0.5, 0.6) is 0 Å². The van der Waals surface area contributed by atoms with E-state index in [4.69, 9.17) is 11.6 Å². The summed E-state index contributed by atoms with van der Waals surface area (Å²) in [6, 6.07) is 15.3. The largest absolute Gasteiger partial charge is 0.269 e. The van der Waals surface area contributed by atoms with Crippen molar-refractivity contribution in [2.45, 2.75) is 11.8 Å². The van der Waals surface area contributed by atoms with Gasteiger partial charge in [0.1, 0.15) is 0 Å². The van der Waals surface area contributed by atoms with Gasteiger partial charge in [0.05, 0.1) is 10.6 Å². The van der Waals surface area contributed by atoms with Gasteiger partial charge in [0.2, 0.25) is 0 Å². The van der Waals surface area contributed by atoms with Crippen molar-refractivity contribution < 1.29 is 8.42 Å². The lowest BCUT2D eigenvalue weighted by atomic mass is 10.2. The summed E-state index contributed by atoms with van der Waals surface area (Å²) in [6.45, 7) is 1.76. The number of benzene rings is 2. The number of imidazole rings is 1. The summed E-state index contributed by atoms with van der Waals surface area (Å²) >= 11 is 5.83. The molecule has 0 aliphatic carbocycles. The van der Waals surface area contributed by atoms with Gasteiger partial charge in [0.15, 0.2) is 5.82 Å². The second-order valence-corrected chi connectivity index (χ2v) is 7.08. The number of hydrogen-bond acceptors (Lipinski definition) is 3. The molecule has 0 atom stereocenters. The van der Waals surface area contributed by atoms with Crippen LogP contribution < -0.4 is 0 Å². The van der Waals surface area contributed by atoms with Crippen LogP contribution in [0.2, 0.25) is 5.02 Å². The second-order valence-electron chi connectivity index (χ2n) is 4.83. The number of aromatic nitrogens is 2. The number of hydrogen-bond donors (Lipinski definition) is 0. The van der Waals surface area contributed by atoms with Crippen LogP contribution in [0.4, 0.5) is 0 Å².